The molecule has 0 spiro atoms. The van der Waals surface area contributed by atoms with E-state index >= 15 is 0 Å². The largest absolute Gasteiger partial charge is 0.306 e. The number of halogens is 4. The number of benzene rings is 1. The number of hydrogen-bond donors (Lipinski definition) is 1. The molecule has 98 valence electrons. The summed E-state index contributed by atoms with van der Waals surface area (Å²) in [5, 5.41) is 2.01. The fourth-order valence-corrected chi connectivity index (χ4v) is 1.42. The molecule has 19 heavy (non-hydrogen) atoms. The Morgan fingerprint density at radius 1 is 1.05 bits per heavy atom. The zero-order valence-electron chi connectivity index (χ0n) is 9.25. The van der Waals surface area contributed by atoms with Gasteiger partial charge in [-0.3, -0.25) is 4.79 Å². The van der Waals surface area contributed by atoms with Crippen molar-refractivity contribution in [2.75, 3.05) is 5.32 Å². The summed E-state index contributed by atoms with van der Waals surface area (Å²) in [6.07, 6.45) is 0. The molecule has 1 amide bonds. The second-order valence-electron chi connectivity index (χ2n) is 3.54. The first-order chi connectivity index (χ1) is 8.97. The van der Waals surface area contributed by atoms with Crippen molar-refractivity contribution in [2.45, 2.75) is 0 Å². The smallest absolute Gasteiger partial charge is 0.262 e. The highest BCUT2D eigenvalue weighted by molar-refractivity contribution is 6.04. The lowest BCUT2D eigenvalue weighted by atomic mass is 10.2. The van der Waals surface area contributed by atoms with Crippen LogP contribution in [0.2, 0.25) is 0 Å². The van der Waals surface area contributed by atoms with Crippen LogP contribution in [0.5, 0.6) is 0 Å². The van der Waals surface area contributed by atoms with Crippen LogP contribution in [-0.4, -0.2) is 10.9 Å². The third-order valence-electron chi connectivity index (χ3n) is 2.19. The van der Waals surface area contributed by atoms with Gasteiger partial charge in [0, 0.05) is 12.1 Å². The first kappa shape index (κ1) is 13.0. The molecule has 0 aliphatic carbocycles. The molecular weight excluding hydrogens is 264 g/mol. The Balaban J connectivity index is 2.31. The molecule has 0 saturated heterocycles. The molecule has 7 heteroatoms. The van der Waals surface area contributed by atoms with Gasteiger partial charge >= 0.3 is 0 Å². The van der Waals surface area contributed by atoms with Crippen molar-refractivity contribution >= 4 is 11.7 Å². The molecule has 3 nitrogen and oxygen atoms in total. The highest BCUT2D eigenvalue weighted by atomic mass is 19.1. The molecule has 0 fully saturated rings. The van der Waals surface area contributed by atoms with Gasteiger partial charge in [0.25, 0.3) is 5.91 Å². The second kappa shape index (κ2) is 5.05. The maximum absolute atomic E-state index is 13.3. The fourth-order valence-electron chi connectivity index (χ4n) is 1.42. The Morgan fingerprint density at radius 2 is 1.68 bits per heavy atom. The monoisotopic (exact) mass is 270 g/mol. The molecule has 2 rings (SSSR count). The van der Waals surface area contributed by atoms with E-state index in [4.69, 9.17) is 0 Å². The molecular formula is C12H6F4N2O. The minimum absolute atomic E-state index is 0.215. The summed E-state index contributed by atoms with van der Waals surface area (Å²) < 4.78 is 52.1. The summed E-state index contributed by atoms with van der Waals surface area (Å²) in [6.45, 7) is 0. The van der Waals surface area contributed by atoms with Crippen LogP contribution >= 0.6 is 0 Å². The average molecular weight is 270 g/mol. The first-order valence-electron chi connectivity index (χ1n) is 5.06. The van der Waals surface area contributed by atoms with Crippen LogP contribution in [0.3, 0.4) is 0 Å². The van der Waals surface area contributed by atoms with Gasteiger partial charge in [0.1, 0.15) is 28.8 Å². The van der Waals surface area contributed by atoms with Crippen LogP contribution < -0.4 is 5.32 Å². The van der Waals surface area contributed by atoms with E-state index in [-0.39, 0.29) is 5.82 Å². The SMILES string of the molecule is O=C(Nc1cccc(F)n1)c1c(F)cc(F)cc1F. The maximum atomic E-state index is 13.3. The summed E-state index contributed by atoms with van der Waals surface area (Å²) >= 11 is 0. The van der Waals surface area contributed by atoms with Crippen molar-refractivity contribution < 1.29 is 22.4 Å². The fraction of sp³-hybridized carbons (Fsp3) is 0. The van der Waals surface area contributed by atoms with E-state index in [1.54, 1.807) is 0 Å². The number of nitrogens with zero attached hydrogens (tertiary/aromatic N) is 1. The van der Waals surface area contributed by atoms with Gasteiger partial charge in [0.15, 0.2) is 0 Å². The van der Waals surface area contributed by atoms with Gasteiger partial charge in [-0.2, -0.15) is 4.39 Å². The van der Waals surface area contributed by atoms with E-state index in [1.165, 1.54) is 12.1 Å². The second-order valence-corrected chi connectivity index (χ2v) is 3.54. The van der Waals surface area contributed by atoms with Gasteiger partial charge in [-0.15, -0.1) is 0 Å². The highest BCUT2D eigenvalue weighted by Gasteiger charge is 2.19. The molecule has 0 aliphatic heterocycles. The zero-order chi connectivity index (χ0) is 14.0. The quantitative estimate of drug-likeness (QED) is 0.673. The number of anilines is 1. The third-order valence-corrected chi connectivity index (χ3v) is 2.19. The van der Waals surface area contributed by atoms with E-state index < -0.39 is 34.9 Å². The van der Waals surface area contributed by atoms with Crippen molar-refractivity contribution in [2.24, 2.45) is 0 Å². The Labute approximate surface area is 104 Å². The molecule has 1 aromatic carbocycles. The summed E-state index contributed by atoms with van der Waals surface area (Å²) in [6, 6.07) is 4.28. The summed E-state index contributed by atoms with van der Waals surface area (Å²) in [5.41, 5.74) is -0.965. The van der Waals surface area contributed by atoms with Crippen LogP contribution in [0.25, 0.3) is 0 Å². The lowest BCUT2D eigenvalue weighted by Gasteiger charge is -2.06. The summed E-state index contributed by atoms with van der Waals surface area (Å²) in [7, 11) is 0. The molecule has 0 unspecified atom stereocenters. The zero-order valence-corrected chi connectivity index (χ0v) is 9.25. The van der Waals surface area contributed by atoms with Gasteiger partial charge < -0.3 is 5.32 Å². The third kappa shape index (κ3) is 2.87. The lowest BCUT2D eigenvalue weighted by molar-refractivity contribution is 0.101. The number of aromatic nitrogens is 1. The first-order valence-corrected chi connectivity index (χ1v) is 5.06. The normalized spacial score (nSPS) is 10.3. The van der Waals surface area contributed by atoms with Crippen LogP contribution in [-0.2, 0) is 0 Å². The topological polar surface area (TPSA) is 42.0 Å². The van der Waals surface area contributed by atoms with Gasteiger partial charge in [0.2, 0.25) is 5.95 Å². The van der Waals surface area contributed by atoms with Crippen LogP contribution in [0.4, 0.5) is 23.4 Å². The minimum atomic E-state index is -1.36. The van der Waals surface area contributed by atoms with Crippen molar-refractivity contribution in [3.63, 3.8) is 0 Å². The van der Waals surface area contributed by atoms with E-state index in [0.717, 1.165) is 6.07 Å². The van der Waals surface area contributed by atoms with Crippen molar-refractivity contribution in [3.05, 3.63) is 59.3 Å². The van der Waals surface area contributed by atoms with E-state index in [2.05, 4.69) is 4.98 Å². The number of hydrogen-bond acceptors (Lipinski definition) is 2. The molecule has 0 atom stereocenters. The summed E-state index contributed by atoms with van der Waals surface area (Å²) in [4.78, 5) is 14.9. The van der Waals surface area contributed by atoms with E-state index in [9.17, 15) is 22.4 Å². The summed E-state index contributed by atoms with van der Waals surface area (Å²) in [5.74, 6) is -6.12. The highest BCUT2D eigenvalue weighted by Crippen LogP contribution is 2.16. The molecule has 1 aromatic heterocycles. The standard InChI is InChI=1S/C12H6F4N2O/c13-6-4-7(14)11(8(15)5-6)12(19)18-10-3-1-2-9(16)17-10/h1-5H,(H,17,18,19). The maximum Gasteiger partial charge on any atom is 0.262 e. The van der Waals surface area contributed by atoms with Crippen LogP contribution in [0, 0.1) is 23.4 Å². The van der Waals surface area contributed by atoms with Crippen LogP contribution in [0.15, 0.2) is 30.3 Å². The molecule has 0 saturated carbocycles. The number of amides is 1. The van der Waals surface area contributed by atoms with Gasteiger partial charge in [-0.1, -0.05) is 6.07 Å². The Kier molecular flexibility index (Phi) is 3.46. The molecule has 0 radical (unpaired) electrons. The van der Waals surface area contributed by atoms with Crippen LogP contribution in [0.1, 0.15) is 10.4 Å². The van der Waals surface area contributed by atoms with E-state index in [0.29, 0.717) is 12.1 Å². The minimum Gasteiger partial charge on any atom is -0.306 e. The number of carbonyl (C=O) groups excluding carboxylic acids is 1. The Bertz CT molecular complexity index is 622. The average Bonchev–Trinajstić information content (AvgIpc) is 2.27. The number of pyridine rings is 1. The van der Waals surface area contributed by atoms with E-state index in [1.807, 2.05) is 5.32 Å². The molecule has 2 aromatic rings. The molecule has 0 bridgehead atoms. The van der Waals surface area contributed by atoms with Gasteiger partial charge in [-0.05, 0) is 12.1 Å². The Morgan fingerprint density at radius 3 is 2.26 bits per heavy atom. The van der Waals surface area contributed by atoms with Gasteiger partial charge in [-0.25, -0.2) is 18.2 Å². The van der Waals surface area contributed by atoms with Gasteiger partial charge in [0.05, 0.1) is 0 Å². The molecule has 1 N–H and O–H groups in total. The van der Waals surface area contributed by atoms with Crippen molar-refractivity contribution in [1.29, 1.82) is 0 Å². The Hall–Kier alpha value is -2.44. The number of carbonyl (C=O) groups is 1. The molecule has 1 heterocycles. The number of rotatable bonds is 2. The lowest BCUT2D eigenvalue weighted by Crippen LogP contribution is -2.17. The number of nitrogens with one attached hydrogen (secondary N) is 1. The van der Waals surface area contributed by atoms with Crippen molar-refractivity contribution in [3.8, 4) is 0 Å². The van der Waals surface area contributed by atoms with Crippen molar-refractivity contribution in [1.82, 2.24) is 4.98 Å². The molecule has 0 aliphatic rings. The predicted molar refractivity (Wildman–Crippen MR) is 58.5 cm³/mol. The predicted octanol–water partition coefficient (Wildman–Crippen LogP) is 2.89.